The van der Waals surface area contributed by atoms with Gasteiger partial charge in [-0.2, -0.15) is 0 Å². The summed E-state index contributed by atoms with van der Waals surface area (Å²) >= 11 is 9.30. The maximum absolute atomic E-state index is 12.0. The molecule has 2 rings (SSSR count). The van der Waals surface area contributed by atoms with Gasteiger partial charge in [-0.25, -0.2) is 0 Å². The molecule has 3 nitrogen and oxygen atoms in total. The Balaban J connectivity index is 2.24. The average Bonchev–Trinajstić information content (AvgIpc) is 2.33. The Hall–Kier alpha value is -1.52. The van der Waals surface area contributed by atoms with E-state index < -0.39 is 0 Å². The highest BCUT2D eigenvalue weighted by atomic mass is 79.9. The van der Waals surface area contributed by atoms with Crippen LogP contribution in [0.4, 0.5) is 11.4 Å². The molecule has 0 radical (unpaired) electrons. The van der Waals surface area contributed by atoms with E-state index in [-0.39, 0.29) is 5.91 Å². The second-order valence-corrected chi connectivity index (χ2v) is 4.93. The maximum atomic E-state index is 12.0. The molecule has 2 aromatic carbocycles. The summed E-state index contributed by atoms with van der Waals surface area (Å²) in [4.78, 5) is 12.0. The molecule has 5 heteroatoms. The van der Waals surface area contributed by atoms with Gasteiger partial charge in [-0.15, -0.1) is 0 Å². The van der Waals surface area contributed by atoms with Gasteiger partial charge in [-0.3, -0.25) is 4.79 Å². The summed E-state index contributed by atoms with van der Waals surface area (Å²) in [6.07, 6.45) is 0. The Morgan fingerprint density at radius 2 is 1.94 bits per heavy atom. The zero-order valence-electron chi connectivity index (χ0n) is 9.28. The first-order chi connectivity index (χ1) is 8.58. The standard InChI is InChI=1S/C13H10BrClN2O/c14-10-7-8(16)5-6-12(10)17-13(18)9-3-1-2-4-11(9)15/h1-7H,16H2,(H,17,18). The molecular formula is C13H10BrClN2O. The van der Waals surface area contributed by atoms with Crippen molar-refractivity contribution in [2.45, 2.75) is 0 Å². The third-order valence-electron chi connectivity index (χ3n) is 2.36. The highest BCUT2D eigenvalue weighted by Crippen LogP contribution is 2.26. The van der Waals surface area contributed by atoms with E-state index in [0.29, 0.717) is 22.0 Å². The third kappa shape index (κ3) is 2.83. The minimum Gasteiger partial charge on any atom is -0.399 e. The predicted octanol–water partition coefficient (Wildman–Crippen LogP) is 3.94. The summed E-state index contributed by atoms with van der Waals surface area (Å²) in [5, 5.41) is 3.19. The molecule has 2 aromatic rings. The van der Waals surface area contributed by atoms with Crippen LogP contribution in [-0.4, -0.2) is 5.91 Å². The van der Waals surface area contributed by atoms with Crippen molar-refractivity contribution in [2.75, 3.05) is 11.1 Å². The van der Waals surface area contributed by atoms with Crippen molar-refractivity contribution in [1.29, 1.82) is 0 Å². The summed E-state index contributed by atoms with van der Waals surface area (Å²) in [6.45, 7) is 0. The maximum Gasteiger partial charge on any atom is 0.257 e. The van der Waals surface area contributed by atoms with Gasteiger partial charge in [0.2, 0.25) is 0 Å². The number of carbonyl (C=O) groups excluding carboxylic acids is 1. The number of halogens is 2. The zero-order valence-corrected chi connectivity index (χ0v) is 11.6. The first-order valence-electron chi connectivity index (χ1n) is 5.19. The molecule has 18 heavy (non-hydrogen) atoms. The number of benzene rings is 2. The van der Waals surface area contributed by atoms with Crippen molar-refractivity contribution in [3.05, 3.63) is 57.5 Å². The number of nitrogen functional groups attached to an aromatic ring is 1. The monoisotopic (exact) mass is 324 g/mol. The Morgan fingerprint density at radius 1 is 1.22 bits per heavy atom. The number of amides is 1. The molecule has 0 atom stereocenters. The van der Waals surface area contributed by atoms with Gasteiger partial charge in [0.25, 0.3) is 5.91 Å². The number of rotatable bonds is 2. The molecule has 92 valence electrons. The van der Waals surface area contributed by atoms with Crippen LogP contribution < -0.4 is 11.1 Å². The molecule has 0 aliphatic heterocycles. The molecule has 0 fully saturated rings. The van der Waals surface area contributed by atoms with Crippen LogP contribution in [0.1, 0.15) is 10.4 Å². The van der Waals surface area contributed by atoms with E-state index in [1.807, 2.05) is 0 Å². The van der Waals surface area contributed by atoms with Crippen molar-refractivity contribution in [3.8, 4) is 0 Å². The number of carbonyl (C=O) groups is 1. The van der Waals surface area contributed by atoms with Crippen molar-refractivity contribution in [2.24, 2.45) is 0 Å². The van der Waals surface area contributed by atoms with Gasteiger partial charge < -0.3 is 11.1 Å². The van der Waals surface area contributed by atoms with Crippen molar-refractivity contribution >= 4 is 44.8 Å². The predicted molar refractivity (Wildman–Crippen MR) is 78.0 cm³/mol. The molecule has 0 saturated carbocycles. The van der Waals surface area contributed by atoms with Gasteiger partial charge >= 0.3 is 0 Å². The van der Waals surface area contributed by atoms with Crippen LogP contribution in [0.3, 0.4) is 0 Å². The minimum absolute atomic E-state index is 0.258. The third-order valence-corrected chi connectivity index (χ3v) is 3.35. The highest BCUT2D eigenvalue weighted by molar-refractivity contribution is 9.10. The van der Waals surface area contributed by atoms with Crippen LogP contribution in [0.15, 0.2) is 46.9 Å². The second-order valence-electron chi connectivity index (χ2n) is 3.67. The fourth-order valence-corrected chi connectivity index (χ4v) is 2.18. The molecule has 0 bridgehead atoms. The SMILES string of the molecule is Nc1ccc(NC(=O)c2ccccc2Cl)c(Br)c1. The van der Waals surface area contributed by atoms with E-state index in [4.69, 9.17) is 17.3 Å². The summed E-state index contributed by atoms with van der Waals surface area (Å²) < 4.78 is 0.725. The Kier molecular flexibility index (Phi) is 3.89. The van der Waals surface area contributed by atoms with Crippen LogP contribution in [0, 0.1) is 0 Å². The lowest BCUT2D eigenvalue weighted by Crippen LogP contribution is -2.12. The van der Waals surface area contributed by atoms with Crippen LogP contribution >= 0.6 is 27.5 Å². The number of nitrogens with two attached hydrogens (primary N) is 1. The Morgan fingerprint density at radius 3 is 2.61 bits per heavy atom. The van der Waals surface area contributed by atoms with Gasteiger partial charge in [0.05, 0.1) is 16.3 Å². The van der Waals surface area contributed by atoms with Gasteiger partial charge in [0.15, 0.2) is 0 Å². The molecule has 0 aliphatic carbocycles. The molecule has 1 amide bonds. The first kappa shape index (κ1) is 12.9. The molecule has 0 unspecified atom stereocenters. The van der Waals surface area contributed by atoms with E-state index in [9.17, 15) is 4.79 Å². The van der Waals surface area contributed by atoms with Crippen LogP contribution in [-0.2, 0) is 0 Å². The lowest BCUT2D eigenvalue weighted by Gasteiger charge is -2.09. The van der Waals surface area contributed by atoms with Crippen LogP contribution in [0.2, 0.25) is 5.02 Å². The quantitative estimate of drug-likeness (QED) is 0.822. The fraction of sp³-hybridized carbons (Fsp3) is 0. The van der Waals surface area contributed by atoms with Crippen molar-refractivity contribution < 1.29 is 4.79 Å². The van der Waals surface area contributed by atoms with Gasteiger partial charge in [-0.05, 0) is 46.3 Å². The highest BCUT2D eigenvalue weighted by Gasteiger charge is 2.11. The van der Waals surface area contributed by atoms with Gasteiger partial charge in [-0.1, -0.05) is 23.7 Å². The summed E-state index contributed by atoms with van der Waals surface area (Å²) in [7, 11) is 0. The summed E-state index contributed by atoms with van der Waals surface area (Å²) in [6, 6.07) is 12.1. The average molecular weight is 326 g/mol. The molecule has 3 N–H and O–H groups in total. The summed E-state index contributed by atoms with van der Waals surface area (Å²) in [5.74, 6) is -0.258. The first-order valence-corrected chi connectivity index (χ1v) is 6.36. The normalized spacial score (nSPS) is 10.1. The molecular weight excluding hydrogens is 316 g/mol. The smallest absolute Gasteiger partial charge is 0.257 e. The second kappa shape index (κ2) is 5.42. The molecule has 0 saturated heterocycles. The zero-order chi connectivity index (χ0) is 13.1. The lowest BCUT2D eigenvalue weighted by atomic mass is 10.2. The van der Waals surface area contributed by atoms with E-state index in [0.717, 1.165) is 4.47 Å². The summed E-state index contributed by atoms with van der Waals surface area (Å²) in [5.41, 5.74) is 7.33. The van der Waals surface area contributed by atoms with Gasteiger partial charge in [0.1, 0.15) is 0 Å². The Bertz CT molecular complexity index is 601. The number of nitrogens with one attached hydrogen (secondary N) is 1. The molecule has 0 aliphatic rings. The molecule has 0 aromatic heterocycles. The van der Waals surface area contributed by atoms with E-state index in [1.165, 1.54) is 0 Å². The largest absolute Gasteiger partial charge is 0.399 e. The number of hydrogen-bond acceptors (Lipinski definition) is 2. The van der Waals surface area contributed by atoms with Gasteiger partial charge in [0, 0.05) is 10.2 Å². The van der Waals surface area contributed by atoms with Crippen molar-refractivity contribution in [1.82, 2.24) is 0 Å². The van der Waals surface area contributed by atoms with E-state index in [2.05, 4.69) is 21.2 Å². The van der Waals surface area contributed by atoms with Crippen molar-refractivity contribution in [3.63, 3.8) is 0 Å². The van der Waals surface area contributed by atoms with Crippen LogP contribution in [0.5, 0.6) is 0 Å². The lowest BCUT2D eigenvalue weighted by molar-refractivity contribution is 0.102. The topological polar surface area (TPSA) is 55.1 Å². The molecule has 0 heterocycles. The van der Waals surface area contributed by atoms with E-state index >= 15 is 0 Å². The minimum atomic E-state index is -0.258. The number of anilines is 2. The molecule has 0 spiro atoms. The number of hydrogen-bond donors (Lipinski definition) is 2. The van der Waals surface area contributed by atoms with E-state index in [1.54, 1.807) is 42.5 Å². The fourth-order valence-electron chi connectivity index (χ4n) is 1.47. The van der Waals surface area contributed by atoms with Crippen LogP contribution in [0.25, 0.3) is 0 Å². The Labute approximate surface area is 118 Å².